The summed E-state index contributed by atoms with van der Waals surface area (Å²) in [6.45, 7) is 4.29. The first-order valence-electron chi connectivity index (χ1n) is 5.49. The molecule has 0 aliphatic rings. The van der Waals surface area contributed by atoms with Crippen molar-refractivity contribution in [2.45, 2.75) is 26.4 Å². The topological polar surface area (TPSA) is 29.5 Å². The fourth-order valence-electron chi connectivity index (χ4n) is 1.64. The summed E-state index contributed by atoms with van der Waals surface area (Å²) >= 11 is 0. The SMILES string of the molecule is COCCC(C)C(O)c1ccc(C)cc1F. The number of halogens is 1. The highest BCUT2D eigenvalue weighted by Gasteiger charge is 2.19. The lowest BCUT2D eigenvalue weighted by molar-refractivity contribution is 0.0858. The summed E-state index contributed by atoms with van der Waals surface area (Å²) in [5.41, 5.74) is 1.23. The van der Waals surface area contributed by atoms with Crippen LogP contribution in [0.15, 0.2) is 18.2 Å². The Morgan fingerprint density at radius 2 is 2.12 bits per heavy atom. The molecular formula is C13H19FO2. The predicted octanol–water partition coefficient (Wildman–Crippen LogP) is 2.84. The first-order chi connectivity index (χ1) is 7.56. The Labute approximate surface area is 96.1 Å². The molecule has 16 heavy (non-hydrogen) atoms. The molecular weight excluding hydrogens is 207 g/mol. The van der Waals surface area contributed by atoms with E-state index in [1.54, 1.807) is 13.2 Å². The number of rotatable bonds is 5. The summed E-state index contributed by atoms with van der Waals surface area (Å²) in [6, 6.07) is 4.91. The van der Waals surface area contributed by atoms with E-state index in [9.17, 15) is 9.50 Å². The summed E-state index contributed by atoms with van der Waals surface area (Å²) < 4.78 is 18.5. The smallest absolute Gasteiger partial charge is 0.129 e. The maximum atomic E-state index is 13.6. The van der Waals surface area contributed by atoms with Gasteiger partial charge in [-0.25, -0.2) is 4.39 Å². The first-order valence-corrected chi connectivity index (χ1v) is 5.49. The second-order valence-corrected chi connectivity index (χ2v) is 4.23. The highest BCUT2D eigenvalue weighted by molar-refractivity contribution is 5.25. The van der Waals surface area contributed by atoms with Gasteiger partial charge in [-0.1, -0.05) is 19.1 Å². The lowest BCUT2D eigenvalue weighted by Gasteiger charge is -2.19. The van der Waals surface area contributed by atoms with E-state index in [1.807, 2.05) is 19.9 Å². The Hall–Kier alpha value is -0.930. The molecule has 1 rings (SSSR count). The standard InChI is InChI=1S/C13H19FO2/c1-9-4-5-11(12(14)8-9)13(15)10(2)6-7-16-3/h4-5,8,10,13,15H,6-7H2,1-3H3. The van der Waals surface area contributed by atoms with Crippen molar-refractivity contribution >= 4 is 0 Å². The monoisotopic (exact) mass is 226 g/mol. The van der Waals surface area contributed by atoms with E-state index in [0.717, 1.165) is 5.56 Å². The van der Waals surface area contributed by atoms with Gasteiger partial charge in [0.05, 0.1) is 6.10 Å². The van der Waals surface area contributed by atoms with Crippen LogP contribution in [0.3, 0.4) is 0 Å². The van der Waals surface area contributed by atoms with Crippen LogP contribution in [0.4, 0.5) is 4.39 Å². The van der Waals surface area contributed by atoms with Crippen LogP contribution in [0.5, 0.6) is 0 Å². The highest BCUT2D eigenvalue weighted by atomic mass is 19.1. The van der Waals surface area contributed by atoms with Gasteiger partial charge in [0.1, 0.15) is 5.82 Å². The first kappa shape index (κ1) is 13.1. The second kappa shape index (κ2) is 5.97. The predicted molar refractivity (Wildman–Crippen MR) is 61.8 cm³/mol. The number of hydrogen-bond donors (Lipinski definition) is 1. The number of aryl methyl sites for hydroxylation is 1. The lowest BCUT2D eigenvalue weighted by Crippen LogP contribution is -2.13. The third-order valence-corrected chi connectivity index (χ3v) is 2.79. The zero-order valence-corrected chi connectivity index (χ0v) is 10.0. The maximum Gasteiger partial charge on any atom is 0.129 e. The normalized spacial score (nSPS) is 14.8. The van der Waals surface area contributed by atoms with Gasteiger partial charge in [0.25, 0.3) is 0 Å². The summed E-state index contributed by atoms with van der Waals surface area (Å²) in [5, 5.41) is 9.99. The second-order valence-electron chi connectivity index (χ2n) is 4.23. The van der Waals surface area contributed by atoms with Crippen molar-refractivity contribution in [1.29, 1.82) is 0 Å². The molecule has 0 aliphatic heterocycles. The van der Waals surface area contributed by atoms with Gasteiger partial charge in [-0.2, -0.15) is 0 Å². The Morgan fingerprint density at radius 1 is 1.44 bits per heavy atom. The van der Waals surface area contributed by atoms with E-state index < -0.39 is 6.10 Å². The molecule has 0 radical (unpaired) electrons. The number of benzene rings is 1. The molecule has 0 saturated carbocycles. The van der Waals surface area contributed by atoms with Crippen LogP contribution < -0.4 is 0 Å². The molecule has 2 unspecified atom stereocenters. The Kier molecular flexibility index (Phi) is 4.90. The maximum absolute atomic E-state index is 13.6. The van der Waals surface area contributed by atoms with Gasteiger partial charge >= 0.3 is 0 Å². The van der Waals surface area contributed by atoms with Crippen molar-refractivity contribution in [1.82, 2.24) is 0 Å². The van der Waals surface area contributed by atoms with Crippen LogP contribution in [0, 0.1) is 18.7 Å². The molecule has 0 bridgehead atoms. The molecule has 2 atom stereocenters. The fourth-order valence-corrected chi connectivity index (χ4v) is 1.64. The molecule has 0 aliphatic carbocycles. The average Bonchev–Trinajstić information content (AvgIpc) is 2.25. The third-order valence-electron chi connectivity index (χ3n) is 2.79. The number of aliphatic hydroxyl groups excluding tert-OH is 1. The molecule has 1 N–H and O–H groups in total. The van der Waals surface area contributed by atoms with E-state index >= 15 is 0 Å². The molecule has 2 nitrogen and oxygen atoms in total. The quantitative estimate of drug-likeness (QED) is 0.836. The van der Waals surface area contributed by atoms with Crippen molar-refractivity contribution in [3.63, 3.8) is 0 Å². The average molecular weight is 226 g/mol. The van der Waals surface area contributed by atoms with Crippen LogP contribution in [0.1, 0.15) is 30.6 Å². The molecule has 0 spiro atoms. The van der Waals surface area contributed by atoms with Crippen LogP contribution in [-0.2, 0) is 4.74 Å². The van der Waals surface area contributed by atoms with E-state index in [0.29, 0.717) is 18.6 Å². The highest BCUT2D eigenvalue weighted by Crippen LogP contribution is 2.26. The minimum absolute atomic E-state index is 0.0165. The van der Waals surface area contributed by atoms with E-state index in [2.05, 4.69) is 0 Å². The van der Waals surface area contributed by atoms with Gasteiger partial charge in [-0.15, -0.1) is 0 Å². The van der Waals surface area contributed by atoms with E-state index in [-0.39, 0.29) is 11.7 Å². The summed E-state index contributed by atoms with van der Waals surface area (Å²) in [5.74, 6) is -0.353. The molecule has 0 heterocycles. The van der Waals surface area contributed by atoms with Crippen molar-refractivity contribution in [3.8, 4) is 0 Å². The number of methoxy groups -OCH3 is 1. The van der Waals surface area contributed by atoms with Crippen molar-refractivity contribution in [2.24, 2.45) is 5.92 Å². The lowest BCUT2D eigenvalue weighted by atomic mass is 9.94. The third kappa shape index (κ3) is 3.29. The Balaban J connectivity index is 2.75. The molecule has 0 amide bonds. The number of hydrogen-bond acceptors (Lipinski definition) is 2. The molecule has 1 aromatic carbocycles. The van der Waals surface area contributed by atoms with Crippen LogP contribution in [-0.4, -0.2) is 18.8 Å². The molecule has 3 heteroatoms. The molecule has 0 fully saturated rings. The van der Waals surface area contributed by atoms with Crippen LogP contribution in [0.2, 0.25) is 0 Å². The number of ether oxygens (including phenoxy) is 1. The van der Waals surface area contributed by atoms with E-state index in [1.165, 1.54) is 6.07 Å². The van der Waals surface area contributed by atoms with Gasteiger partial charge in [-0.05, 0) is 30.9 Å². The van der Waals surface area contributed by atoms with Gasteiger partial charge in [0.15, 0.2) is 0 Å². The Bertz CT molecular complexity index is 339. The fraction of sp³-hybridized carbons (Fsp3) is 0.538. The van der Waals surface area contributed by atoms with Gasteiger partial charge in [-0.3, -0.25) is 0 Å². The number of aliphatic hydroxyl groups is 1. The van der Waals surface area contributed by atoms with Crippen molar-refractivity contribution in [3.05, 3.63) is 35.1 Å². The van der Waals surface area contributed by atoms with E-state index in [4.69, 9.17) is 4.74 Å². The zero-order chi connectivity index (χ0) is 12.1. The summed E-state index contributed by atoms with van der Waals surface area (Å²) in [4.78, 5) is 0. The van der Waals surface area contributed by atoms with Gasteiger partial charge in [0.2, 0.25) is 0 Å². The molecule has 90 valence electrons. The Morgan fingerprint density at radius 3 is 2.69 bits per heavy atom. The van der Waals surface area contributed by atoms with Crippen molar-refractivity contribution in [2.75, 3.05) is 13.7 Å². The van der Waals surface area contributed by atoms with Gasteiger partial charge in [0, 0.05) is 19.3 Å². The summed E-state index contributed by atoms with van der Waals surface area (Å²) in [7, 11) is 1.62. The van der Waals surface area contributed by atoms with Crippen LogP contribution in [0.25, 0.3) is 0 Å². The largest absolute Gasteiger partial charge is 0.388 e. The minimum Gasteiger partial charge on any atom is -0.388 e. The van der Waals surface area contributed by atoms with Crippen molar-refractivity contribution < 1.29 is 14.2 Å². The summed E-state index contributed by atoms with van der Waals surface area (Å²) in [6.07, 6.45) is -0.0545. The zero-order valence-electron chi connectivity index (χ0n) is 10.0. The molecule has 0 saturated heterocycles. The molecule has 1 aromatic rings. The van der Waals surface area contributed by atoms with Crippen LogP contribution >= 0.6 is 0 Å². The van der Waals surface area contributed by atoms with Gasteiger partial charge < -0.3 is 9.84 Å². The minimum atomic E-state index is -0.768. The molecule has 0 aromatic heterocycles.